The van der Waals surface area contributed by atoms with E-state index in [2.05, 4.69) is 4.98 Å². The van der Waals surface area contributed by atoms with Crippen LogP contribution in [0.2, 0.25) is 0 Å². The molecule has 170 valence electrons. The fourth-order valence-electron chi connectivity index (χ4n) is 3.48. The minimum absolute atomic E-state index is 0.0802. The fraction of sp³-hybridized carbons (Fsp3) is 0.167. The molecule has 0 saturated heterocycles. The molecule has 9 heteroatoms. The van der Waals surface area contributed by atoms with Crippen molar-refractivity contribution in [1.82, 2.24) is 8.96 Å². The van der Waals surface area contributed by atoms with Crippen molar-refractivity contribution in [3.8, 4) is 17.2 Å². The van der Waals surface area contributed by atoms with E-state index < -0.39 is 16.0 Å². The van der Waals surface area contributed by atoms with Crippen molar-refractivity contribution in [2.24, 2.45) is 0 Å². The van der Waals surface area contributed by atoms with Gasteiger partial charge in [0.2, 0.25) is 0 Å². The Bertz CT molecular complexity index is 1380. The Hall–Kier alpha value is -3.85. The van der Waals surface area contributed by atoms with Crippen molar-refractivity contribution in [2.45, 2.75) is 24.7 Å². The van der Waals surface area contributed by atoms with Crippen molar-refractivity contribution in [1.29, 1.82) is 0 Å². The van der Waals surface area contributed by atoms with Crippen molar-refractivity contribution < 1.29 is 27.8 Å². The van der Waals surface area contributed by atoms with Crippen LogP contribution in [0, 0.1) is 0 Å². The maximum atomic E-state index is 13.4. The molecule has 4 rings (SSSR count). The first-order valence-corrected chi connectivity index (χ1v) is 11.7. The van der Waals surface area contributed by atoms with Crippen molar-refractivity contribution in [3.05, 3.63) is 78.8 Å². The van der Waals surface area contributed by atoms with E-state index in [1.807, 2.05) is 6.92 Å². The van der Waals surface area contributed by atoms with Gasteiger partial charge in [0, 0.05) is 24.2 Å². The van der Waals surface area contributed by atoms with Crippen molar-refractivity contribution in [3.63, 3.8) is 0 Å². The van der Waals surface area contributed by atoms with E-state index in [1.54, 1.807) is 54.9 Å². The molecule has 0 amide bonds. The van der Waals surface area contributed by atoms with Gasteiger partial charge in [0.05, 0.1) is 23.2 Å². The Labute approximate surface area is 191 Å². The third kappa shape index (κ3) is 4.83. The molecule has 0 aliphatic carbocycles. The average Bonchev–Trinajstić information content (AvgIpc) is 3.18. The van der Waals surface area contributed by atoms with E-state index in [-0.39, 0.29) is 17.7 Å². The van der Waals surface area contributed by atoms with Crippen LogP contribution in [0.1, 0.15) is 18.9 Å². The lowest BCUT2D eigenvalue weighted by molar-refractivity contribution is -0.136. The predicted molar refractivity (Wildman–Crippen MR) is 122 cm³/mol. The van der Waals surface area contributed by atoms with Crippen LogP contribution in [0.25, 0.3) is 10.9 Å². The number of fused-ring (bicyclic) bond motifs is 1. The topological polar surface area (TPSA) is 108 Å². The summed E-state index contributed by atoms with van der Waals surface area (Å²) in [5, 5.41) is 9.74. The summed E-state index contributed by atoms with van der Waals surface area (Å²) in [6.45, 7) is 2.31. The molecule has 2 aromatic heterocycles. The molecule has 0 spiro atoms. The second-order valence-electron chi connectivity index (χ2n) is 7.22. The van der Waals surface area contributed by atoms with Crippen molar-refractivity contribution >= 4 is 26.9 Å². The first-order chi connectivity index (χ1) is 15.9. The minimum Gasteiger partial charge on any atom is -0.494 e. The van der Waals surface area contributed by atoms with Crippen LogP contribution in [0.4, 0.5) is 0 Å². The van der Waals surface area contributed by atoms with E-state index in [0.717, 1.165) is 0 Å². The highest BCUT2D eigenvalue weighted by molar-refractivity contribution is 7.90. The lowest BCUT2D eigenvalue weighted by atomic mass is 10.1. The number of rotatable bonds is 9. The van der Waals surface area contributed by atoms with E-state index in [9.17, 15) is 13.2 Å². The maximum Gasteiger partial charge on any atom is 0.303 e. The summed E-state index contributed by atoms with van der Waals surface area (Å²) >= 11 is 0. The van der Waals surface area contributed by atoms with Gasteiger partial charge < -0.3 is 14.6 Å². The number of hydrogen-bond acceptors (Lipinski definition) is 6. The Morgan fingerprint density at radius 1 is 1.06 bits per heavy atom. The molecule has 0 atom stereocenters. The number of aromatic nitrogens is 2. The number of hydrogen-bond donors (Lipinski definition) is 1. The van der Waals surface area contributed by atoms with Gasteiger partial charge in [0.1, 0.15) is 17.2 Å². The summed E-state index contributed by atoms with van der Waals surface area (Å²) < 4.78 is 39.3. The molecule has 0 saturated carbocycles. The second-order valence-corrected chi connectivity index (χ2v) is 9.04. The monoisotopic (exact) mass is 466 g/mol. The standard InChI is InChI=1S/C24H22N2O6S/c1-2-31-19-8-11-23-22(14-19)17(5-12-24(27)28)16-26(23)33(29,30)21-9-6-18(7-10-21)32-20-4-3-13-25-15-20/h3-4,6-11,13-16H,2,5,12H2,1H3,(H,27,28). The predicted octanol–water partition coefficient (Wildman–Crippen LogP) is 4.48. The molecule has 4 aromatic rings. The molecule has 2 aromatic carbocycles. The van der Waals surface area contributed by atoms with Crippen LogP contribution >= 0.6 is 0 Å². The summed E-state index contributed by atoms with van der Waals surface area (Å²) in [6, 6.07) is 14.7. The largest absolute Gasteiger partial charge is 0.494 e. The van der Waals surface area contributed by atoms with E-state index in [4.69, 9.17) is 14.6 Å². The Morgan fingerprint density at radius 2 is 1.82 bits per heavy atom. The number of carbonyl (C=O) groups is 1. The molecule has 0 aliphatic heterocycles. The molecule has 0 fully saturated rings. The molecule has 0 unspecified atom stereocenters. The Morgan fingerprint density at radius 3 is 2.48 bits per heavy atom. The van der Waals surface area contributed by atoms with E-state index in [1.165, 1.54) is 22.3 Å². The number of pyridine rings is 1. The summed E-state index contributed by atoms with van der Waals surface area (Å²) in [5.74, 6) is 0.651. The van der Waals surface area contributed by atoms with Crippen LogP contribution in [0.3, 0.4) is 0 Å². The zero-order valence-electron chi connectivity index (χ0n) is 17.8. The van der Waals surface area contributed by atoms with Gasteiger partial charge >= 0.3 is 5.97 Å². The number of carboxylic acids is 1. The average molecular weight is 467 g/mol. The number of benzene rings is 2. The summed E-state index contributed by atoms with van der Waals surface area (Å²) in [7, 11) is -3.94. The molecule has 0 aliphatic rings. The lowest BCUT2D eigenvalue weighted by Crippen LogP contribution is -2.11. The van der Waals surface area contributed by atoms with Gasteiger partial charge in [-0.25, -0.2) is 12.4 Å². The highest BCUT2D eigenvalue weighted by Crippen LogP contribution is 2.31. The van der Waals surface area contributed by atoms with Crippen LogP contribution in [0.15, 0.2) is 78.1 Å². The molecule has 8 nitrogen and oxygen atoms in total. The molecule has 33 heavy (non-hydrogen) atoms. The van der Waals surface area contributed by atoms with Gasteiger partial charge in [0.25, 0.3) is 10.0 Å². The number of ether oxygens (including phenoxy) is 2. The molecule has 0 radical (unpaired) electrons. The maximum absolute atomic E-state index is 13.4. The fourth-order valence-corrected chi connectivity index (χ4v) is 4.87. The summed E-state index contributed by atoms with van der Waals surface area (Å²) in [4.78, 5) is 15.2. The zero-order valence-corrected chi connectivity index (χ0v) is 18.7. The second kappa shape index (κ2) is 9.33. The number of aryl methyl sites for hydroxylation is 1. The molecular formula is C24H22N2O6S. The normalized spacial score (nSPS) is 11.4. The molecule has 2 heterocycles. The third-order valence-corrected chi connectivity index (χ3v) is 6.68. The van der Waals surface area contributed by atoms with Crippen LogP contribution < -0.4 is 9.47 Å². The Kier molecular flexibility index (Phi) is 6.32. The third-order valence-electron chi connectivity index (χ3n) is 4.99. The van der Waals surface area contributed by atoms with E-state index in [0.29, 0.717) is 40.3 Å². The zero-order chi connectivity index (χ0) is 23.4. The first kappa shape index (κ1) is 22.3. The van der Waals surface area contributed by atoms with Gasteiger partial charge in [-0.1, -0.05) is 0 Å². The highest BCUT2D eigenvalue weighted by atomic mass is 32.2. The Balaban J connectivity index is 1.71. The quantitative estimate of drug-likeness (QED) is 0.387. The summed E-state index contributed by atoms with van der Waals surface area (Å²) in [5.41, 5.74) is 1.07. The van der Waals surface area contributed by atoms with Crippen LogP contribution in [-0.2, 0) is 21.2 Å². The number of carboxylic acid groups (broad SMARTS) is 1. The molecule has 1 N–H and O–H groups in total. The first-order valence-electron chi connectivity index (χ1n) is 10.3. The number of aliphatic carboxylic acids is 1. The minimum atomic E-state index is -3.94. The highest BCUT2D eigenvalue weighted by Gasteiger charge is 2.22. The summed E-state index contributed by atoms with van der Waals surface area (Å²) in [6.07, 6.45) is 4.76. The molecule has 0 bridgehead atoms. The van der Waals surface area contributed by atoms with Crippen molar-refractivity contribution in [2.75, 3.05) is 6.61 Å². The van der Waals surface area contributed by atoms with Gasteiger partial charge in [-0.2, -0.15) is 0 Å². The van der Waals surface area contributed by atoms with Gasteiger partial charge in [0.15, 0.2) is 0 Å². The van der Waals surface area contributed by atoms with Gasteiger partial charge in [-0.05, 0) is 73.5 Å². The number of nitrogens with zero attached hydrogens (tertiary/aromatic N) is 2. The van der Waals surface area contributed by atoms with Gasteiger partial charge in [-0.3, -0.25) is 9.78 Å². The smallest absolute Gasteiger partial charge is 0.303 e. The molecular weight excluding hydrogens is 444 g/mol. The van der Waals surface area contributed by atoms with Crippen LogP contribution in [0.5, 0.6) is 17.2 Å². The SMILES string of the molecule is CCOc1ccc2c(c1)c(CCC(=O)O)cn2S(=O)(=O)c1ccc(Oc2cccnc2)cc1. The van der Waals surface area contributed by atoms with Gasteiger partial charge in [-0.15, -0.1) is 0 Å². The van der Waals surface area contributed by atoms with Crippen LogP contribution in [-0.4, -0.2) is 35.1 Å². The van der Waals surface area contributed by atoms with E-state index >= 15 is 0 Å². The lowest BCUT2D eigenvalue weighted by Gasteiger charge is -2.10.